The zero-order valence-electron chi connectivity index (χ0n) is 11.8. The molecule has 0 spiro atoms. The number of aromatic nitrogens is 1. The van der Waals surface area contributed by atoms with E-state index in [0.29, 0.717) is 5.82 Å². The van der Waals surface area contributed by atoms with Crippen molar-refractivity contribution in [3.05, 3.63) is 22.2 Å². The molecule has 1 fully saturated rings. The normalized spacial score (nSPS) is 15.4. The Morgan fingerprint density at radius 2 is 2.20 bits per heavy atom. The lowest BCUT2D eigenvalue weighted by Crippen LogP contribution is -2.04. The van der Waals surface area contributed by atoms with Crippen LogP contribution in [0.2, 0.25) is 0 Å². The highest BCUT2D eigenvalue weighted by Crippen LogP contribution is 2.32. The van der Waals surface area contributed by atoms with Crippen LogP contribution in [-0.2, 0) is 0 Å². The number of nitrogens with one attached hydrogen (secondary N) is 1. The lowest BCUT2D eigenvalue weighted by atomic mass is 10.1. The molecule has 0 unspecified atom stereocenters. The summed E-state index contributed by atoms with van der Waals surface area (Å²) in [4.78, 5) is 15.1. The van der Waals surface area contributed by atoms with E-state index in [4.69, 9.17) is 0 Å². The summed E-state index contributed by atoms with van der Waals surface area (Å²) in [6.45, 7) is 2.83. The van der Waals surface area contributed by atoms with Gasteiger partial charge in [0.05, 0.1) is 11.0 Å². The van der Waals surface area contributed by atoms with Gasteiger partial charge in [0.1, 0.15) is 10.8 Å². The molecule has 0 atom stereocenters. The van der Waals surface area contributed by atoms with Crippen molar-refractivity contribution in [2.45, 2.75) is 44.1 Å². The van der Waals surface area contributed by atoms with E-state index in [9.17, 15) is 10.1 Å². The molecule has 1 saturated carbocycles. The van der Waals surface area contributed by atoms with Gasteiger partial charge in [0.2, 0.25) is 0 Å². The molecule has 0 amide bonds. The van der Waals surface area contributed by atoms with E-state index in [1.807, 2.05) is 0 Å². The molecule has 1 aromatic rings. The molecular formula is C14H21N3O2S. The van der Waals surface area contributed by atoms with E-state index in [0.717, 1.165) is 29.7 Å². The van der Waals surface area contributed by atoms with Gasteiger partial charge in [-0.25, -0.2) is 4.98 Å². The van der Waals surface area contributed by atoms with Gasteiger partial charge in [-0.05, 0) is 25.2 Å². The Morgan fingerprint density at radius 3 is 2.85 bits per heavy atom. The standard InChI is InChI=1S/C14H21N3O2S/c1-2-7-15-13-8-12(17(18)19)9-14(16-13)20-10-11-5-3-4-6-11/h8-9,11H,2-7,10H2,1H3,(H,15,16). The van der Waals surface area contributed by atoms with E-state index in [-0.39, 0.29) is 10.6 Å². The monoisotopic (exact) mass is 295 g/mol. The minimum atomic E-state index is -0.349. The first-order valence-corrected chi connectivity index (χ1v) is 8.20. The molecule has 6 heteroatoms. The van der Waals surface area contributed by atoms with Crippen molar-refractivity contribution in [1.29, 1.82) is 0 Å². The number of thioether (sulfide) groups is 1. The zero-order valence-corrected chi connectivity index (χ0v) is 12.6. The number of hydrogen-bond donors (Lipinski definition) is 1. The highest BCUT2D eigenvalue weighted by Gasteiger charge is 2.17. The average molecular weight is 295 g/mol. The molecule has 0 radical (unpaired) electrons. The second kappa shape index (κ2) is 7.47. The van der Waals surface area contributed by atoms with Crippen LogP contribution in [0, 0.1) is 16.0 Å². The topological polar surface area (TPSA) is 68.1 Å². The SMILES string of the molecule is CCCNc1cc([N+](=O)[O-])cc(SCC2CCCC2)n1. The third-order valence-electron chi connectivity index (χ3n) is 3.50. The Hall–Kier alpha value is -1.30. The summed E-state index contributed by atoms with van der Waals surface area (Å²) in [7, 11) is 0. The third-order valence-corrected chi connectivity index (χ3v) is 4.64. The average Bonchev–Trinajstić information content (AvgIpc) is 2.96. The zero-order chi connectivity index (χ0) is 14.4. The quantitative estimate of drug-likeness (QED) is 0.466. The van der Waals surface area contributed by atoms with Crippen molar-refractivity contribution in [3.63, 3.8) is 0 Å². The maximum absolute atomic E-state index is 11.0. The number of pyridine rings is 1. The molecule has 20 heavy (non-hydrogen) atoms. The van der Waals surface area contributed by atoms with Crippen LogP contribution in [0.5, 0.6) is 0 Å². The van der Waals surface area contributed by atoms with Crippen molar-refractivity contribution >= 4 is 23.3 Å². The fourth-order valence-electron chi connectivity index (χ4n) is 2.39. The minimum Gasteiger partial charge on any atom is -0.370 e. The first kappa shape index (κ1) is 15.1. The van der Waals surface area contributed by atoms with Gasteiger partial charge in [-0.15, -0.1) is 11.8 Å². The van der Waals surface area contributed by atoms with Gasteiger partial charge < -0.3 is 5.32 Å². The number of rotatable bonds is 7. The summed E-state index contributed by atoms with van der Waals surface area (Å²) in [5, 5.41) is 14.9. The van der Waals surface area contributed by atoms with Crippen LogP contribution in [0.3, 0.4) is 0 Å². The second-order valence-corrected chi connectivity index (χ2v) is 6.23. The summed E-state index contributed by atoms with van der Waals surface area (Å²) >= 11 is 1.64. The van der Waals surface area contributed by atoms with E-state index in [1.165, 1.54) is 31.7 Å². The molecule has 1 aliphatic carbocycles. The summed E-state index contributed by atoms with van der Waals surface area (Å²) < 4.78 is 0. The van der Waals surface area contributed by atoms with Gasteiger partial charge in [0.25, 0.3) is 5.69 Å². The van der Waals surface area contributed by atoms with Gasteiger partial charge in [0.15, 0.2) is 0 Å². The molecular weight excluding hydrogens is 274 g/mol. The highest BCUT2D eigenvalue weighted by molar-refractivity contribution is 7.99. The molecule has 0 saturated heterocycles. The molecule has 1 N–H and O–H groups in total. The Labute approximate surface area is 123 Å². The molecule has 0 aromatic carbocycles. The van der Waals surface area contributed by atoms with Crippen LogP contribution in [0.25, 0.3) is 0 Å². The molecule has 0 aliphatic heterocycles. The van der Waals surface area contributed by atoms with Gasteiger partial charge in [-0.1, -0.05) is 19.8 Å². The Bertz CT molecular complexity index is 462. The van der Waals surface area contributed by atoms with Crippen molar-refractivity contribution in [1.82, 2.24) is 4.98 Å². The van der Waals surface area contributed by atoms with E-state index in [1.54, 1.807) is 17.8 Å². The number of hydrogen-bond acceptors (Lipinski definition) is 5. The van der Waals surface area contributed by atoms with Gasteiger partial charge in [-0.2, -0.15) is 0 Å². The van der Waals surface area contributed by atoms with E-state index in [2.05, 4.69) is 17.2 Å². The van der Waals surface area contributed by atoms with Crippen LogP contribution in [0.4, 0.5) is 11.5 Å². The van der Waals surface area contributed by atoms with Crippen LogP contribution in [0.15, 0.2) is 17.2 Å². The van der Waals surface area contributed by atoms with Crippen LogP contribution in [-0.4, -0.2) is 22.2 Å². The van der Waals surface area contributed by atoms with E-state index < -0.39 is 0 Å². The molecule has 1 aromatic heterocycles. The van der Waals surface area contributed by atoms with Gasteiger partial charge in [0, 0.05) is 18.4 Å². The Balaban J connectivity index is 2.04. The third kappa shape index (κ3) is 4.37. The van der Waals surface area contributed by atoms with Crippen LogP contribution in [0.1, 0.15) is 39.0 Å². The Morgan fingerprint density at radius 1 is 1.45 bits per heavy atom. The van der Waals surface area contributed by atoms with Gasteiger partial charge >= 0.3 is 0 Å². The maximum atomic E-state index is 11.0. The predicted molar refractivity (Wildman–Crippen MR) is 82.4 cm³/mol. The fraction of sp³-hybridized carbons (Fsp3) is 0.643. The van der Waals surface area contributed by atoms with Crippen molar-refractivity contribution in [3.8, 4) is 0 Å². The van der Waals surface area contributed by atoms with Crippen molar-refractivity contribution < 1.29 is 4.92 Å². The lowest BCUT2D eigenvalue weighted by Gasteiger charge is -2.09. The number of anilines is 1. The molecule has 1 aliphatic rings. The van der Waals surface area contributed by atoms with Crippen molar-refractivity contribution in [2.24, 2.45) is 5.92 Å². The highest BCUT2D eigenvalue weighted by atomic mass is 32.2. The lowest BCUT2D eigenvalue weighted by molar-refractivity contribution is -0.385. The predicted octanol–water partition coefficient (Wildman–Crippen LogP) is 4.09. The summed E-state index contributed by atoms with van der Waals surface area (Å²) in [5.41, 5.74) is 0.118. The fourth-order valence-corrected chi connectivity index (χ4v) is 3.50. The first-order chi connectivity index (χ1) is 9.69. The van der Waals surface area contributed by atoms with Crippen molar-refractivity contribution in [2.75, 3.05) is 17.6 Å². The van der Waals surface area contributed by atoms with E-state index >= 15 is 0 Å². The maximum Gasteiger partial charge on any atom is 0.275 e. The largest absolute Gasteiger partial charge is 0.370 e. The second-order valence-electron chi connectivity index (χ2n) is 5.19. The Kier molecular flexibility index (Phi) is 5.64. The number of nitro groups is 1. The molecule has 1 heterocycles. The summed E-state index contributed by atoms with van der Waals surface area (Å²) in [6.07, 6.45) is 6.16. The van der Waals surface area contributed by atoms with Gasteiger partial charge in [-0.3, -0.25) is 10.1 Å². The summed E-state index contributed by atoms with van der Waals surface area (Å²) in [5.74, 6) is 2.37. The molecule has 5 nitrogen and oxygen atoms in total. The minimum absolute atomic E-state index is 0.118. The van der Waals surface area contributed by atoms with Crippen LogP contribution < -0.4 is 5.32 Å². The smallest absolute Gasteiger partial charge is 0.275 e. The summed E-state index contributed by atoms with van der Waals surface area (Å²) in [6, 6.07) is 3.09. The molecule has 0 bridgehead atoms. The number of nitrogens with zero attached hydrogens (tertiary/aromatic N) is 2. The first-order valence-electron chi connectivity index (χ1n) is 7.22. The molecule has 110 valence electrons. The molecule has 2 rings (SSSR count). The van der Waals surface area contributed by atoms with Crippen LogP contribution >= 0.6 is 11.8 Å².